The first kappa shape index (κ1) is 11.9. The molecule has 0 saturated carbocycles. The van der Waals surface area contributed by atoms with Crippen LogP contribution in [0.2, 0.25) is 0 Å². The smallest absolute Gasteiger partial charge is 0.0318 e. The number of hydrogen-bond donors (Lipinski definition) is 1. The first-order chi connectivity index (χ1) is 7.77. The molecule has 0 spiro atoms. The molecule has 0 radical (unpaired) electrons. The molecule has 88 valence electrons. The SMILES string of the molecule is Cc1ccncc1C(N)CC1CCSCC1. The van der Waals surface area contributed by atoms with E-state index in [0.717, 1.165) is 12.3 Å². The van der Waals surface area contributed by atoms with E-state index < -0.39 is 0 Å². The molecule has 1 aliphatic heterocycles. The van der Waals surface area contributed by atoms with E-state index in [1.54, 1.807) is 0 Å². The maximum atomic E-state index is 6.28. The van der Waals surface area contributed by atoms with Gasteiger partial charge in [-0.2, -0.15) is 11.8 Å². The van der Waals surface area contributed by atoms with Crippen LogP contribution in [0.3, 0.4) is 0 Å². The highest BCUT2D eigenvalue weighted by molar-refractivity contribution is 7.99. The molecule has 1 fully saturated rings. The molecule has 0 aliphatic carbocycles. The summed E-state index contributed by atoms with van der Waals surface area (Å²) < 4.78 is 0. The number of thioether (sulfide) groups is 1. The lowest BCUT2D eigenvalue weighted by molar-refractivity contribution is 0.412. The van der Waals surface area contributed by atoms with Crippen molar-refractivity contribution in [1.82, 2.24) is 4.98 Å². The number of aromatic nitrogens is 1. The summed E-state index contributed by atoms with van der Waals surface area (Å²) in [5.41, 5.74) is 8.77. The minimum absolute atomic E-state index is 0.168. The molecule has 2 heterocycles. The second-order valence-corrected chi connectivity index (χ2v) is 5.85. The zero-order chi connectivity index (χ0) is 11.4. The van der Waals surface area contributed by atoms with Crippen molar-refractivity contribution in [2.75, 3.05) is 11.5 Å². The Balaban J connectivity index is 1.96. The molecule has 16 heavy (non-hydrogen) atoms. The van der Waals surface area contributed by atoms with Crippen LogP contribution in [0, 0.1) is 12.8 Å². The Kier molecular flexibility index (Phi) is 4.24. The van der Waals surface area contributed by atoms with E-state index in [-0.39, 0.29) is 6.04 Å². The van der Waals surface area contributed by atoms with Gasteiger partial charge in [0.25, 0.3) is 0 Å². The van der Waals surface area contributed by atoms with Crippen LogP contribution in [-0.4, -0.2) is 16.5 Å². The van der Waals surface area contributed by atoms with E-state index in [1.807, 2.05) is 18.5 Å². The van der Waals surface area contributed by atoms with E-state index in [4.69, 9.17) is 5.73 Å². The van der Waals surface area contributed by atoms with Gasteiger partial charge in [0, 0.05) is 18.4 Å². The van der Waals surface area contributed by atoms with Crippen molar-refractivity contribution in [3.05, 3.63) is 29.6 Å². The van der Waals surface area contributed by atoms with E-state index in [9.17, 15) is 0 Å². The largest absolute Gasteiger partial charge is 0.324 e. The lowest BCUT2D eigenvalue weighted by Gasteiger charge is -2.25. The third kappa shape index (κ3) is 2.98. The normalized spacial score (nSPS) is 19.6. The molecular formula is C13H20N2S. The maximum Gasteiger partial charge on any atom is 0.0318 e. The molecule has 2 rings (SSSR count). The summed E-state index contributed by atoms with van der Waals surface area (Å²) in [5.74, 6) is 3.43. The van der Waals surface area contributed by atoms with Gasteiger partial charge in [0.05, 0.1) is 0 Å². The number of nitrogens with zero attached hydrogens (tertiary/aromatic N) is 1. The van der Waals surface area contributed by atoms with Crippen molar-refractivity contribution in [3.8, 4) is 0 Å². The van der Waals surface area contributed by atoms with Crippen molar-refractivity contribution in [2.45, 2.75) is 32.2 Å². The maximum absolute atomic E-state index is 6.28. The number of pyridine rings is 1. The predicted octanol–water partition coefficient (Wildman–Crippen LogP) is 2.92. The van der Waals surface area contributed by atoms with Gasteiger partial charge in [0.1, 0.15) is 0 Å². The van der Waals surface area contributed by atoms with E-state index in [2.05, 4.69) is 23.7 Å². The van der Waals surface area contributed by atoms with Gasteiger partial charge in [0.2, 0.25) is 0 Å². The molecule has 1 saturated heterocycles. The molecule has 1 atom stereocenters. The number of hydrogen-bond acceptors (Lipinski definition) is 3. The first-order valence-electron chi connectivity index (χ1n) is 6.01. The Morgan fingerprint density at radius 1 is 1.50 bits per heavy atom. The first-order valence-corrected chi connectivity index (χ1v) is 7.16. The summed E-state index contributed by atoms with van der Waals surface area (Å²) in [6, 6.07) is 2.22. The molecule has 1 unspecified atom stereocenters. The van der Waals surface area contributed by atoms with Gasteiger partial charge in [0.15, 0.2) is 0 Å². The van der Waals surface area contributed by atoms with Crippen molar-refractivity contribution < 1.29 is 0 Å². The number of rotatable bonds is 3. The molecule has 2 N–H and O–H groups in total. The number of nitrogens with two attached hydrogens (primary N) is 1. The monoisotopic (exact) mass is 236 g/mol. The Bertz CT molecular complexity index is 334. The Morgan fingerprint density at radius 3 is 2.94 bits per heavy atom. The Morgan fingerprint density at radius 2 is 2.25 bits per heavy atom. The fourth-order valence-electron chi connectivity index (χ4n) is 2.33. The van der Waals surface area contributed by atoms with Gasteiger partial charge >= 0.3 is 0 Å². The second-order valence-electron chi connectivity index (χ2n) is 4.63. The van der Waals surface area contributed by atoms with Gasteiger partial charge in [-0.05, 0) is 60.8 Å². The minimum Gasteiger partial charge on any atom is -0.324 e. The zero-order valence-electron chi connectivity index (χ0n) is 9.86. The Hall–Kier alpha value is -0.540. The topological polar surface area (TPSA) is 38.9 Å². The molecule has 2 nitrogen and oxygen atoms in total. The van der Waals surface area contributed by atoms with Crippen LogP contribution in [0.5, 0.6) is 0 Å². The van der Waals surface area contributed by atoms with Crippen LogP contribution < -0.4 is 5.73 Å². The summed E-state index contributed by atoms with van der Waals surface area (Å²) in [4.78, 5) is 4.18. The lowest BCUT2D eigenvalue weighted by atomic mass is 9.90. The molecule has 0 amide bonds. The van der Waals surface area contributed by atoms with E-state index in [1.165, 1.54) is 35.5 Å². The van der Waals surface area contributed by atoms with E-state index >= 15 is 0 Å². The highest BCUT2D eigenvalue weighted by Crippen LogP contribution is 2.30. The lowest BCUT2D eigenvalue weighted by Crippen LogP contribution is -2.19. The van der Waals surface area contributed by atoms with Crippen molar-refractivity contribution >= 4 is 11.8 Å². The predicted molar refractivity (Wildman–Crippen MR) is 70.6 cm³/mol. The molecule has 1 aromatic heterocycles. The van der Waals surface area contributed by atoms with Crippen LogP contribution in [0.1, 0.15) is 36.4 Å². The zero-order valence-corrected chi connectivity index (χ0v) is 10.7. The average molecular weight is 236 g/mol. The van der Waals surface area contributed by atoms with E-state index in [0.29, 0.717) is 0 Å². The Labute approximate surface area is 102 Å². The van der Waals surface area contributed by atoms with Gasteiger partial charge in [-0.15, -0.1) is 0 Å². The summed E-state index contributed by atoms with van der Waals surface area (Å²) in [5, 5.41) is 0. The summed E-state index contributed by atoms with van der Waals surface area (Å²) in [7, 11) is 0. The van der Waals surface area contributed by atoms with Crippen molar-refractivity contribution in [1.29, 1.82) is 0 Å². The van der Waals surface area contributed by atoms with Gasteiger partial charge in [-0.25, -0.2) is 0 Å². The van der Waals surface area contributed by atoms with Crippen molar-refractivity contribution in [2.24, 2.45) is 11.7 Å². The summed E-state index contributed by atoms with van der Waals surface area (Å²) in [6.45, 7) is 2.12. The molecule has 1 aromatic rings. The molecule has 0 aromatic carbocycles. The van der Waals surface area contributed by atoms with Crippen LogP contribution in [0.4, 0.5) is 0 Å². The van der Waals surface area contributed by atoms with Crippen molar-refractivity contribution in [3.63, 3.8) is 0 Å². The van der Waals surface area contributed by atoms with Crippen LogP contribution >= 0.6 is 11.8 Å². The van der Waals surface area contributed by atoms with Gasteiger partial charge < -0.3 is 5.73 Å². The summed E-state index contributed by atoms with van der Waals surface area (Å²) >= 11 is 2.07. The third-order valence-electron chi connectivity index (χ3n) is 3.41. The van der Waals surface area contributed by atoms with Gasteiger partial charge in [-0.3, -0.25) is 4.98 Å². The standard InChI is InChI=1S/C13H20N2S/c1-10-2-5-15-9-12(10)13(14)8-11-3-6-16-7-4-11/h2,5,9,11,13H,3-4,6-8,14H2,1H3. The second kappa shape index (κ2) is 5.69. The molecule has 1 aliphatic rings. The molecule has 3 heteroatoms. The van der Waals surface area contributed by atoms with Crippen LogP contribution in [0.25, 0.3) is 0 Å². The van der Waals surface area contributed by atoms with Crippen LogP contribution in [-0.2, 0) is 0 Å². The fourth-order valence-corrected chi connectivity index (χ4v) is 3.54. The van der Waals surface area contributed by atoms with Gasteiger partial charge in [-0.1, -0.05) is 0 Å². The fraction of sp³-hybridized carbons (Fsp3) is 0.615. The third-order valence-corrected chi connectivity index (χ3v) is 4.46. The highest BCUT2D eigenvalue weighted by Gasteiger charge is 2.18. The van der Waals surface area contributed by atoms with Crippen LogP contribution in [0.15, 0.2) is 18.5 Å². The molecular weight excluding hydrogens is 216 g/mol. The minimum atomic E-state index is 0.168. The summed E-state index contributed by atoms with van der Waals surface area (Å²) in [6.07, 6.45) is 7.54. The highest BCUT2D eigenvalue weighted by atomic mass is 32.2. The average Bonchev–Trinajstić information content (AvgIpc) is 2.31. The number of aryl methyl sites for hydroxylation is 1. The molecule has 0 bridgehead atoms. The quantitative estimate of drug-likeness (QED) is 0.877.